The number of ether oxygens (including phenoxy) is 1. The Kier molecular flexibility index (Phi) is 27.9. The van der Waals surface area contributed by atoms with Crippen molar-refractivity contribution < 1.29 is 9.30 Å². The van der Waals surface area contributed by atoms with Gasteiger partial charge < -0.3 is 29.6 Å². The Morgan fingerprint density at radius 3 is 1.38 bits per heavy atom. The van der Waals surface area contributed by atoms with Gasteiger partial charge in [0.05, 0.1) is 6.61 Å². The van der Waals surface area contributed by atoms with Crippen molar-refractivity contribution in [1.82, 2.24) is 0 Å². The van der Waals surface area contributed by atoms with Gasteiger partial charge in [-0.2, -0.15) is 0 Å². The Balaban J connectivity index is 0.000000646. The van der Waals surface area contributed by atoms with Crippen molar-refractivity contribution in [3.8, 4) is 0 Å². The van der Waals surface area contributed by atoms with Crippen LogP contribution in [0.25, 0.3) is 0 Å². The number of hydrogen-bond acceptors (Lipinski definition) is 3. The van der Waals surface area contributed by atoms with Crippen LogP contribution in [-0.2, 0) is 23.9 Å². The molecule has 0 saturated carbocycles. The monoisotopic (exact) mass is 509 g/mol. The van der Waals surface area contributed by atoms with Crippen LogP contribution in [0.4, 0.5) is 0 Å². The fraction of sp³-hybridized carbons (Fsp3) is 0.800. The number of aryl methyl sites for hydroxylation is 1. The fourth-order valence-corrected chi connectivity index (χ4v) is 4.28. The number of thiocarbonyl (C=S) groups is 1. The minimum absolute atomic E-state index is 0.260. The van der Waals surface area contributed by atoms with Crippen molar-refractivity contribution in [3.05, 3.63) is 30.6 Å². The van der Waals surface area contributed by atoms with E-state index in [0.717, 1.165) is 6.42 Å². The molecule has 1 rings (SSSR count). The highest BCUT2D eigenvalue weighted by molar-refractivity contribution is 7.99. The van der Waals surface area contributed by atoms with Crippen LogP contribution in [0.2, 0.25) is 0 Å². The summed E-state index contributed by atoms with van der Waals surface area (Å²) in [4.78, 5) is 0. The molecule has 198 valence electrons. The van der Waals surface area contributed by atoms with Gasteiger partial charge in [-0.15, -0.1) is 0 Å². The summed E-state index contributed by atoms with van der Waals surface area (Å²) < 4.78 is 7.60. The normalized spacial score (nSPS) is 10.5. The lowest BCUT2D eigenvalue weighted by Gasteiger charge is -2.08. The molecule has 0 unspecified atom stereocenters. The maximum Gasteiger partial charge on any atom is 0.168 e. The number of rotatable bonds is 22. The zero-order valence-electron chi connectivity index (χ0n) is 22.6. The first-order chi connectivity index (χ1) is 16.7. The lowest BCUT2D eigenvalue weighted by atomic mass is 10.1. The van der Waals surface area contributed by atoms with E-state index >= 15 is 0 Å². The fourth-order valence-electron chi connectivity index (χ4n) is 4.11. The van der Waals surface area contributed by atoms with Crippen LogP contribution in [0.5, 0.6) is 0 Å². The average Bonchev–Trinajstić information content (AvgIpc) is 2.84. The van der Waals surface area contributed by atoms with Crippen LogP contribution in [0.1, 0.15) is 142 Å². The lowest BCUT2D eigenvalue weighted by molar-refractivity contribution is -0.697. The average molecular weight is 510 g/mol. The van der Waals surface area contributed by atoms with E-state index in [1.54, 1.807) is 0 Å². The minimum Gasteiger partial charge on any atom is -0.514 e. The summed E-state index contributed by atoms with van der Waals surface area (Å²) in [5.41, 5.74) is 0. The van der Waals surface area contributed by atoms with Crippen LogP contribution in [0, 0.1) is 0 Å². The molecule has 0 aliphatic rings. The van der Waals surface area contributed by atoms with Crippen LogP contribution < -0.4 is 4.57 Å². The number of hydrogen-bond donors (Lipinski definition) is 0. The summed E-state index contributed by atoms with van der Waals surface area (Å²) in [6.07, 6.45) is 31.9. The van der Waals surface area contributed by atoms with Crippen LogP contribution in [-0.4, -0.2) is 11.0 Å². The summed E-state index contributed by atoms with van der Waals surface area (Å²) in [7, 11) is 0. The van der Waals surface area contributed by atoms with Crippen molar-refractivity contribution in [2.45, 2.75) is 149 Å². The topological polar surface area (TPSA) is 13.1 Å². The highest BCUT2D eigenvalue weighted by Crippen LogP contribution is 2.11. The molecule has 0 radical (unpaired) electrons. The second-order valence-corrected chi connectivity index (χ2v) is 10.6. The molecule has 1 aromatic rings. The molecular formula is C30H55NOS2. The van der Waals surface area contributed by atoms with Crippen molar-refractivity contribution in [3.63, 3.8) is 0 Å². The molecular weight excluding hydrogens is 454 g/mol. The third-order valence-corrected chi connectivity index (χ3v) is 6.50. The van der Waals surface area contributed by atoms with Gasteiger partial charge in [-0.3, -0.25) is 0 Å². The smallest absolute Gasteiger partial charge is 0.168 e. The zero-order valence-corrected chi connectivity index (χ0v) is 24.2. The maximum atomic E-state index is 5.06. The molecule has 1 aromatic heterocycles. The van der Waals surface area contributed by atoms with Crippen molar-refractivity contribution in [2.75, 3.05) is 6.61 Å². The number of aromatic nitrogens is 1. The van der Waals surface area contributed by atoms with Gasteiger partial charge in [-0.05, 0) is 12.8 Å². The predicted molar refractivity (Wildman–Crippen MR) is 156 cm³/mol. The van der Waals surface area contributed by atoms with E-state index in [4.69, 9.17) is 4.74 Å². The Bertz CT molecular complexity index is 524. The first kappa shape index (κ1) is 33.3. The van der Waals surface area contributed by atoms with E-state index < -0.39 is 0 Å². The Labute approximate surface area is 224 Å². The van der Waals surface area contributed by atoms with Gasteiger partial charge in [-0.25, -0.2) is 4.57 Å². The van der Waals surface area contributed by atoms with Gasteiger partial charge in [0.1, 0.15) is 6.54 Å². The third-order valence-electron chi connectivity index (χ3n) is 6.26. The summed E-state index contributed by atoms with van der Waals surface area (Å²) >= 11 is 9.32. The maximum absolute atomic E-state index is 5.06. The molecule has 0 bridgehead atoms. The van der Waals surface area contributed by atoms with Crippen molar-refractivity contribution in [1.29, 1.82) is 0 Å². The molecule has 34 heavy (non-hydrogen) atoms. The molecule has 0 N–H and O–H groups in total. The number of pyridine rings is 1. The molecule has 0 fully saturated rings. The highest BCUT2D eigenvalue weighted by Gasteiger charge is 1.98. The molecule has 0 aliphatic carbocycles. The Morgan fingerprint density at radius 1 is 0.588 bits per heavy atom. The van der Waals surface area contributed by atoms with E-state index in [1.165, 1.54) is 129 Å². The largest absolute Gasteiger partial charge is 0.514 e. The van der Waals surface area contributed by atoms with E-state index in [2.05, 4.69) is 73.9 Å². The predicted octanol–water partition coefficient (Wildman–Crippen LogP) is 9.65. The quantitative estimate of drug-likeness (QED) is 0.0668. The summed E-state index contributed by atoms with van der Waals surface area (Å²) in [5, 5.41) is 0. The molecule has 1 heterocycles. The van der Waals surface area contributed by atoms with Crippen LogP contribution in [0.3, 0.4) is 0 Å². The standard InChI is InChI=1S/C17H30N.C13H26OS2/c1-2-3-4-5-6-7-8-9-10-12-15-18-16-13-11-14-17-18;1-2-3-4-5-6-7-8-9-10-11-12-14-13(15)16/h11,13-14,16-17H,2-10,12,15H2,1H3;2-12H2,1H3,(H,15,16)/q+1;/p-1. The van der Waals surface area contributed by atoms with Crippen LogP contribution >= 0.6 is 12.2 Å². The van der Waals surface area contributed by atoms with Gasteiger partial charge in [0.2, 0.25) is 0 Å². The molecule has 0 spiro atoms. The zero-order chi connectivity index (χ0) is 25.0. The molecule has 0 aromatic carbocycles. The first-order valence-corrected chi connectivity index (χ1v) is 15.3. The van der Waals surface area contributed by atoms with Gasteiger partial charge in [0, 0.05) is 22.9 Å². The van der Waals surface area contributed by atoms with E-state index in [9.17, 15) is 0 Å². The lowest BCUT2D eigenvalue weighted by Crippen LogP contribution is -2.32. The summed E-state index contributed by atoms with van der Waals surface area (Å²) in [6.45, 7) is 6.43. The van der Waals surface area contributed by atoms with E-state index in [0.29, 0.717) is 6.61 Å². The number of nitrogens with zero attached hydrogens (tertiary/aromatic N) is 1. The molecule has 0 amide bonds. The van der Waals surface area contributed by atoms with Crippen molar-refractivity contribution >= 4 is 29.2 Å². The van der Waals surface area contributed by atoms with Gasteiger partial charge in [0.15, 0.2) is 12.4 Å². The first-order valence-electron chi connectivity index (χ1n) is 14.5. The molecule has 0 aliphatic heterocycles. The Hall–Kier alpha value is -0.740. The second kappa shape index (κ2) is 28.5. The molecule has 0 saturated heterocycles. The minimum atomic E-state index is 0.260. The molecule has 4 heteroatoms. The van der Waals surface area contributed by atoms with Crippen molar-refractivity contribution in [2.24, 2.45) is 0 Å². The molecule has 0 atom stereocenters. The van der Waals surface area contributed by atoms with Gasteiger partial charge in [0.25, 0.3) is 0 Å². The number of unbranched alkanes of at least 4 members (excludes halogenated alkanes) is 18. The summed E-state index contributed by atoms with van der Waals surface area (Å²) in [6, 6.07) is 6.29. The van der Waals surface area contributed by atoms with E-state index in [1.807, 2.05) is 0 Å². The van der Waals surface area contributed by atoms with Gasteiger partial charge >= 0.3 is 0 Å². The second-order valence-electron chi connectivity index (χ2n) is 9.58. The van der Waals surface area contributed by atoms with Crippen LogP contribution in [0.15, 0.2) is 30.6 Å². The third kappa shape index (κ3) is 27.5. The van der Waals surface area contributed by atoms with E-state index in [-0.39, 0.29) is 4.38 Å². The SMILES string of the molecule is CCCCCCCCCCCCOC(=S)[S-].CCCCCCCCCCCC[n+]1ccccc1. The summed E-state index contributed by atoms with van der Waals surface area (Å²) in [5.74, 6) is 0. The highest BCUT2D eigenvalue weighted by atomic mass is 32.1. The Morgan fingerprint density at radius 2 is 0.971 bits per heavy atom. The molecule has 2 nitrogen and oxygen atoms in total. The van der Waals surface area contributed by atoms with Gasteiger partial charge in [-0.1, -0.05) is 129 Å².